The van der Waals surface area contributed by atoms with E-state index in [2.05, 4.69) is 66.2 Å². The summed E-state index contributed by atoms with van der Waals surface area (Å²) in [5, 5.41) is 8.05. The molecular weight excluding hydrogens is 314 g/mol. The van der Waals surface area contributed by atoms with E-state index in [-0.39, 0.29) is 0 Å². The van der Waals surface area contributed by atoms with Crippen LogP contribution in [0.4, 0.5) is 0 Å². The van der Waals surface area contributed by atoms with Crippen LogP contribution in [-0.2, 0) is 6.54 Å². The monoisotopic (exact) mass is 335 g/mol. The van der Waals surface area contributed by atoms with Crippen molar-refractivity contribution in [2.24, 2.45) is 0 Å². The van der Waals surface area contributed by atoms with Crippen molar-refractivity contribution in [1.29, 1.82) is 0 Å². The van der Waals surface area contributed by atoms with E-state index < -0.39 is 0 Å². The van der Waals surface area contributed by atoms with Crippen LogP contribution in [0.3, 0.4) is 0 Å². The van der Waals surface area contributed by atoms with Gasteiger partial charge < -0.3 is 5.32 Å². The molecule has 0 aliphatic heterocycles. The summed E-state index contributed by atoms with van der Waals surface area (Å²) in [6.07, 6.45) is 1.98. The second-order valence-electron chi connectivity index (χ2n) is 5.64. The molecule has 1 aromatic carbocycles. The molecule has 0 amide bonds. The molecule has 0 saturated carbocycles. The predicted molar refractivity (Wildman–Crippen MR) is 87.3 cm³/mol. The van der Waals surface area contributed by atoms with Crippen LogP contribution in [0.15, 0.2) is 34.9 Å². The summed E-state index contributed by atoms with van der Waals surface area (Å²) >= 11 is 3.52. The maximum Gasteiger partial charge on any atom is 0.0660 e. The van der Waals surface area contributed by atoms with E-state index in [1.807, 2.05) is 23.0 Å². The molecule has 0 saturated heterocycles. The van der Waals surface area contributed by atoms with Gasteiger partial charge in [0.05, 0.1) is 17.6 Å². The average Bonchev–Trinajstić information content (AvgIpc) is 2.80. The Hall–Kier alpha value is -1.13. The highest BCUT2D eigenvalue weighted by atomic mass is 79.9. The van der Waals surface area contributed by atoms with Gasteiger partial charge in [0.2, 0.25) is 0 Å². The Morgan fingerprint density at radius 2 is 2.00 bits per heavy atom. The van der Waals surface area contributed by atoms with Gasteiger partial charge in [0.25, 0.3) is 0 Å². The number of nitrogens with one attached hydrogen (secondary N) is 1. The van der Waals surface area contributed by atoms with Crippen LogP contribution >= 0.6 is 15.9 Å². The highest BCUT2D eigenvalue weighted by Crippen LogP contribution is 2.24. The fourth-order valence-corrected chi connectivity index (χ4v) is 2.66. The van der Waals surface area contributed by atoms with Crippen LogP contribution in [0.1, 0.15) is 44.9 Å². The minimum atomic E-state index is 0.431. The van der Waals surface area contributed by atoms with Gasteiger partial charge in [-0.15, -0.1) is 0 Å². The van der Waals surface area contributed by atoms with Crippen molar-refractivity contribution in [3.8, 4) is 5.69 Å². The van der Waals surface area contributed by atoms with E-state index in [0.717, 1.165) is 16.7 Å². The molecule has 1 N–H and O–H groups in total. The summed E-state index contributed by atoms with van der Waals surface area (Å²) in [5.41, 5.74) is 3.64. The highest BCUT2D eigenvalue weighted by molar-refractivity contribution is 9.10. The Kier molecular flexibility index (Phi) is 5.00. The van der Waals surface area contributed by atoms with Gasteiger partial charge in [-0.3, -0.25) is 0 Å². The zero-order valence-electron chi connectivity index (χ0n) is 12.5. The van der Waals surface area contributed by atoms with Crippen molar-refractivity contribution >= 4 is 15.9 Å². The van der Waals surface area contributed by atoms with E-state index in [4.69, 9.17) is 0 Å². The normalized spacial score (nSPS) is 11.6. The van der Waals surface area contributed by atoms with Gasteiger partial charge in [0.15, 0.2) is 0 Å². The number of nitrogens with zero attached hydrogens (tertiary/aromatic N) is 2. The van der Waals surface area contributed by atoms with Crippen LogP contribution in [0, 0.1) is 0 Å². The number of hydrogen-bond donors (Lipinski definition) is 1. The van der Waals surface area contributed by atoms with E-state index in [1.165, 1.54) is 11.3 Å². The van der Waals surface area contributed by atoms with Gasteiger partial charge in [-0.1, -0.05) is 49.7 Å². The lowest BCUT2D eigenvalue weighted by atomic mass is 10.1. The van der Waals surface area contributed by atoms with Gasteiger partial charge in [-0.25, -0.2) is 4.68 Å². The third-order valence-corrected chi connectivity index (χ3v) is 3.68. The van der Waals surface area contributed by atoms with Gasteiger partial charge in [-0.2, -0.15) is 5.10 Å². The van der Waals surface area contributed by atoms with Crippen LogP contribution in [-0.4, -0.2) is 15.8 Å². The average molecular weight is 336 g/mol. The Balaban J connectivity index is 2.39. The van der Waals surface area contributed by atoms with E-state index in [1.54, 1.807) is 0 Å². The molecule has 2 aromatic rings. The van der Waals surface area contributed by atoms with Crippen molar-refractivity contribution in [3.63, 3.8) is 0 Å². The molecule has 0 spiro atoms. The fourth-order valence-electron chi connectivity index (χ4n) is 2.27. The van der Waals surface area contributed by atoms with Crippen molar-refractivity contribution < 1.29 is 0 Å². The molecule has 0 aliphatic rings. The minimum absolute atomic E-state index is 0.431. The van der Waals surface area contributed by atoms with Gasteiger partial charge in [-0.05, 0) is 24.1 Å². The number of aromatic nitrogens is 2. The van der Waals surface area contributed by atoms with E-state index >= 15 is 0 Å². The molecule has 0 atom stereocenters. The second-order valence-corrected chi connectivity index (χ2v) is 6.55. The molecule has 4 heteroatoms. The Morgan fingerprint density at radius 1 is 1.25 bits per heavy atom. The minimum Gasteiger partial charge on any atom is -0.310 e. The van der Waals surface area contributed by atoms with Crippen molar-refractivity contribution in [1.82, 2.24) is 15.1 Å². The molecule has 1 aromatic heterocycles. The predicted octanol–water partition coefficient (Wildman–Crippen LogP) is 4.26. The lowest BCUT2D eigenvalue weighted by molar-refractivity contribution is 0.582. The van der Waals surface area contributed by atoms with Crippen LogP contribution in [0.2, 0.25) is 0 Å². The summed E-state index contributed by atoms with van der Waals surface area (Å²) in [6, 6.07) is 8.73. The maximum absolute atomic E-state index is 4.58. The smallest absolute Gasteiger partial charge is 0.0660 e. The Morgan fingerprint density at radius 3 is 2.60 bits per heavy atom. The first-order valence-corrected chi connectivity index (χ1v) is 7.84. The molecule has 3 nitrogen and oxygen atoms in total. The summed E-state index contributed by atoms with van der Waals surface area (Å²) in [7, 11) is 0. The second kappa shape index (κ2) is 6.55. The molecule has 0 radical (unpaired) electrons. The van der Waals surface area contributed by atoms with Gasteiger partial charge >= 0.3 is 0 Å². The van der Waals surface area contributed by atoms with E-state index in [0.29, 0.717) is 12.0 Å². The lowest BCUT2D eigenvalue weighted by Crippen LogP contribution is -2.22. The third-order valence-electron chi connectivity index (χ3n) is 3.19. The topological polar surface area (TPSA) is 29.9 Å². The van der Waals surface area contributed by atoms with Crippen LogP contribution in [0.5, 0.6) is 0 Å². The van der Waals surface area contributed by atoms with Gasteiger partial charge in [0, 0.05) is 22.6 Å². The zero-order chi connectivity index (χ0) is 14.7. The largest absolute Gasteiger partial charge is 0.310 e. The molecule has 2 rings (SSSR count). The molecule has 20 heavy (non-hydrogen) atoms. The molecule has 0 unspecified atom stereocenters. The fraction of sp³-hybridized carbons (Fsp3) is 0.438. The molecular formula is C16H22BrN3. The van der Waals surface area contributed by atoms with Crippen molar-refractivity contribution in [2.45, 2.75) is 46.2 Å². The maximum atomic E-state index is 4.58. The quantitative estimate of drug-likeness (QED) is 0.884. The first-order chi connectivity index (χ1) is 9.49. The number of benzene rings is 1. The Bertz CT molecular complexity index is 573. The molecule has 0 aliphatic carbocycles. The lowest BCUT2D eigenvalue weighted by Gasteiger charge is -2.14. The molecule has 1 heterocycles. The number of hydrogen-bond acceptors (Lipinski definition) is 2. The Labute approximate surface area is 129 Å². The summed E-state index contributed by atoms with van der Waals surface area (Å²) in [6.45, 7) is 9.61. The van der Waals surface area contributed by atoms with Crippen molar-refractivity contribution in [3.05, 3.63) is 46.2 Å². The molecule has 0 fully saturated rings. The number of rotatable bonds is 5. The SMILES string of the molecule is CC(C)NCc1cnn(-c2cccc(Br)c2)c1C(C)C. The first-order valence-electron chi connectivity index (χ1n) is 7.05. The standard InChI is InChI=1S/C16H22BrN3/c1-11(2)16-13(9-18-12(3)4)10-19-20(16)15-7-5-6-14(17)8-15/h5-8,10-12,18H,9H2,1-4H3. The third kappa shape index (κ3) is 3.49. The number of halogens is 1. The first kappa shape index (κ1) is 15.3. The van der Waals surface area contributed by atoms with Gasteiger partial charge in [0.1, 0.15) is 0 Å². The van der Waals surface area contributed by atoms with Crippen LogP contribution < -0.4 is 5.32 Å². The van der Waals surface area contributed by atoms with Crippen LogP contribution in [0.25, 0.3) is 5.69 Å². The highest BCUT2D eigenvalue weighted by Gasteiger charge is 2.15. The van der Waals surface area contributed by atoms with E-state index in [9.17, 15) is 0 Å². The molecule has 108 valence electrons. The zero-order valence-corrected chi connectivity index (χ0v) is 14.1. The summed E-state index contributed by atoms with van der Waals surface area (Å²) in [5.74, 6) is 0.431. The molecule has 0 bridgehead atoms. The summed E-state index contributed by atoms with van der Waals surface area (Å²) < 4.78 is 3.12. The summed E-state index contributed by atoms with van der Waals surface area (Å²) in [4.78, 5) is 0. The van der Waals surface area contributed by atoms with Crippen molar-refractivity contribution in [2.75, 3.05) is 0 Å².